The van der Waals surface area contributed by atoms with Crippen molar-refractivity contribution in [2.45, 2.75) is 38.0 Å². The maximum atomic E-state index is 10.3. The number of likely N-dealkylation sites (tertiary alicyclic amines) is 1. The van der Waals surface area contributed by atoms with E-state index >= 15 is 0 Å². The first-order valence-corrected chi connectivity index (χ1v) is 9.32. The quantitative estimate of drug-likeness (QED) is 0.831. The Kier molecular flexibility index (Phi) is 4.86. The summed E-state index contributed by atoms with van der Waals surface area (Å²) in [6, 6.07) is 6.20. The minimum Gasteiger partial charge on any atom is -0.486 e. The number of rotatable bonds is 5. The normalized spacial score (nSPS) is 27.9. The predicted molar refractivity (Wildman–Crippen MR) is 93.8 cm³/mol. The standard InChI is InChI=1S/C19H28N2O4/c20-5-8-25-18-12-17(22)19(18)3-6-21(7-4-19)13-14-1-2-15-16(11-14)24-10-9-23-15/h1-2,11,17-18,22H,3-10,12-13,20H2/t17-,18+/m1/s1. The molecule has 4 rings (SSSR count). The highest BCUT2D eigenvalue weighted by molar-refractivity contribution is 5.43. The number of piperidine rings is 1. The van der Waals surface area contributed by atoms with Crippen molar-refractivity contribution in [1.29, 1.82) is 0 Å². The topological polar surface area (TPSA) is 77.2 Å². The van der Waals surface area contributed by atoms with Crippen molar-refractivity contribution >= 4 is 0 Å². The molecule has 0 aromatic heterocycles. The first-order chi connectivity index (χ1) is 12.2. The van der Waals surface area contributed by atoms with E-state index in [0.717, 1.165) is 50.4 Å². The average molecular weight is 348 g/mol. The van der Waals surface area contributed by atoms with Gasteiger partial charge in [-0.15, -0.1) is 0 Å². The van der Waals surface area contributed by atoms with Gasteiger partial charge in [0.25, 0.3) is 0 Å². The monoisotopic (exact) mass is 348 g/mol. The third-order valence-corrected chi connectivity index (χ3v) is 5.98. The Labute approximate surface area is 148 Å². The zero-order valence-electron chi connectivity index (χ0n) is 14.7. The van der Waals surface area contributed by atoms with Crippen LogP contribution in [0, 0.1) is 5.41 Å². The number of aliphatic hydroxyl groups is 1. The van der Waals surface area contributed by atoms with Crippen LogP contribution >= 0.6 is 0 Å². The summed E-state index contributed by atoms with van der Waals surface area (Å²) in [5, 5.41) is 10.3. The summed E-state index contributed by atoms with van der Waals surface area (Å²) in [4.78, 5) is 2.45. The largest absolute Gasteiger partial charge is 0.486 e. The summed E-state index contributed by atoms with van der Waals surface area (Å²) in [6.07, 6.45) is 2.65. The molecule has 2 fully saturated rings. The van der Waals surface area contributed by atoms with E-state index in [0.29, 0.717) is 26.4 Å². The molecule has 1 saturated carbocycles. The van der Waals surface area contributed by atoms with Crippen LogP contribution in [0.5, 0.6) is 11.5 Å². The van der Waals surface area contributed by atoms with Crippen LogP contribution in [0.1, 0.15) is 24.8 Å². The first kappa shape index (κ1) is 17.1. The first-order valence-electron chi connectivity index (χ1n) is 9.32. The van der Waals surface area contributed by atoms with E-state index in [1.807, 2.05) is 6.07 Å². The maximum Gasteiger partial charge on any atom is 0.161 e. The van der Waals surface area contributed by atoms with Gasteiger partial charge < -0.3 is 25.1 Å². The van der Waals surface area contributed by atoms with Crippen LogP contribution in [0.4, 0.5) is 0 Å². The fourth-order valence-electron chi connectivity index (χ4n) is 4.40. The van der Waals surface area contributed by atoms with Crippen molar-refractivity contribution in [2.75, 3.05) is 39.5 Å². The molecular weight excluding hydrogens is 320 g/mol. The highest BCUT2D eigenvalue weighted by Crippen LogP contribution is 2.51. The summed E-state index contributed by atoms with van der Waals surface area (Å²) in [5.74, 6) is 1.69. The van der Waals surface area contributed by atoms with Crippen molar-refractivity contribution in [3.8, 4) is 11.5 Å². The van der Waals surface area contributed by atoms with E-state index in [2.05, 4.69) is 17.0 Å². The lowest BCUT2D eigenvalue weighted by atomic mass is 9.58. The minimum atomic E-state index is -0.230. The molecule has 1 aromatic carbocycles. The molecule has 3 N–H and O–H groups in total. The Morgan fingerprint density at radius 3 is 2.68 bits per heavy atom. The molecule has 0 amide bonds. The molecule has 2 atom stereocenters. The molecule has 138 valence electrons. The van der Waals surface area contributed by atoms with E-state index < -0.39 is 0 Å². The molecule has 1 aromatic rings. The predicted octanol–water partition coefficient (Wildman–Crippen LogP) is 1.15. The molecule has 0 bridgehead atoms. The van der Waals surface area contributed by atoms with Gasteiger partial charge in [0, 0.05) is 24.9 Å². The summed E-state index contributed by atoms with van der Waals surface area (Å²) in [5.41, 5.74) is 6.73. The van der Waals surface area contributed by atoms with Gasteiger partial charge in [-0.25, -0.2) is 0 Å². The second kappa shape index (κ2) is 7.11. The lowest BCUT2D eigenvalue weighted by Crippen LogP contribution is -2.62. The zero-order chi connectivity index (χ0) is 17.3. The Morgan fingerprint density at radius 2 is 1.96 bits per heavy atom. The van der Waals surface area contributed by atoms with Gasteiger partial charge in [0.2, 0.25) is 0 Å². The van der Waals surface area contributed by atoms with Gasteiger partial charge in [-0.05, 0) is 43.6 Å². The lowest BCUT2D eigenvalue weighted by Gasteiger charge is -2.56. The maximum absolute atomic E-state index is 10.3. The van der Waals surface area contributed by atoms with E-state index in [-0.39, 0.29) is 17.6 Å². The molecular formula is C19H28N2O4. The molecule has 6 heteroatoms. The van der Waals surface area contributed by atoms with Crippen LogP contribution in [0.25, 0.3) is 0 Å². The number of hydrogen-bond acceptors (Lipinski definition) is 6. The third-order valence-electron chi connectivity index (χ3n) is 5.98. The Morgan fingerprint density at radius 1 is 1.20 bits per heavy atom. The number of nitrogens with two attached hydrogens (primary N) is 1. The molecule has 2 aliphatic heterocycles. The fourth-order valence-corrected chi connectivity index (χ4v) is 4.40. The number of hydrogen-bond donors (Lipinski definition) is 2. The van der Waals surface area contributed by atoms with Crippen LogP contribution in [0.2, 0.25) is 0 Å². The molecule has 25 heavy (non-hydrogen) atoms. The molecule has 2 heterocycles. The van der Waals surface area contributed by atoms with Crippen molar-refractivity contribution in [3.63, 3.8) is 0 Å². The van der Waals surface area contributed by atoms with Gasteiger partial charge in [0.05, 0.1) is 18.8 Å². The molecule has 1 aliphatic carbocycles. The van der Waals surface area contributed by atoms with Gasteiger partial charge >= 0.3 is 0 Å². The van der Waals surface area contributed by atoms with E-state index in [9.17, 15) is 5.11 Å². The van der Waals surface area contributed by atoms with Gasteiger partial charge in [-0.1, -0.05) is 6.07 Å². The lowest BCUT2D eigenvalue weighted by molar-refractivity contribution is -0.210. The number of nitrogens with zero attached hydrogens (tertiary/aromatic N) is 1. The number of benzene rings is 1. The molecule has 1 saturated heterocycles. The van der Waals surface area contributed by atoms with Crippen LogP contribution in [0.3, 0.4) is 0 Å². The van der Waals surface area contributed by atoms with Gasteiger partial charge in [0.15, 0.2) is 11.5 Å². The summed E-state index contributed by atoms with van der Waals surface area (Å²) < 4.78 is 17.1. The molecule has 1 spiro atoms. The zero-order valence-corrected chi connectivity index (χ0v) is 14.7. The van der Waals surface area contributed by atoms with Gasteiger partial charge in [0.1, 0.15) is 13.2 Å². The number of ether oxygens (including phenoxy) is 3. The third kappa shape index (κ3) is 3.24. The summed E-state index contributed by atoms with van der Waals surface area (Å²) in [7, 11) is 0. The fraction of sp³-hybridized carbons (Fsp3) is 0.684. The highest BCUT2D eigenvalue weighted by atomic mass is 16.6. The molecule has 0 radical (unpaired) electrons. The molecule has 6 nitrogen and oxygen atoms in total. The highest BCUT2D eigenvalue weighted by Gasteiger charge is 2.55. The summed E-state index contributed by atoms with van der Waals surface area (Å²) >= 11 is 0. The van der Waals surface area contributed by atoms with Crippen LogP contribution in [0.15, 0.2) is 18.2 Å². The SMILES string of the molecule is NCCO[C@H]1C[C@@H](O)C12CCN(Cc1ccc3c(c1)OCCO3)CC2. The molecule has 0 unspecified atom stereocenters. The van der Waals surface area contributed by atoms with E-state index in [4.69, 9.17) is 19.9 Å². The van der Waals surface area contributed by atoms with Crippen LogP contribution < -0.4 is 15.2 Å². The van der Waals surface area contributed by atoms with Crippen molar-refractivity contribution in [2.24, 2.45) is 11.1 Å². The Hall–Kier alpha value is -1.34. The Bertz CT molecular complexity index is 601. The van der Waals surface area contributed by atoms with Gasteiger partial charge in [-0.3, -0.25) is 4.90 Å². The van der Waals surface area contributed by atoms with Crippen LogP contribution in [-0.2, 0) is 11.3 Å². The van der Waals surface area contributed by atoms with E-state index in [1.165, 1.54) is 5.56 Å². The van der Waals surface area contributed by atoms with Crippen molar-refractivity contribution < 1.29 is 19.3 Å². The molecule has 3 aliphatic rings. The number of fused-ring (bicyclic) bond motifs is 1. The number of aliphatic hydroxyl groups excluding tert-OH is 1. The van der Waals surface area contributed by atoms with Crippen LogP contribution in [-0.4, -0.2) is 61.7 Å². The Balaban J connectivity index is 1.34. The second-order valence-electron chi connectivity index (χ2n) is 7.39. The second-order valence-corrected chi connectivity index (χ2v) is 7.39. The van der Waals surface area contributed by atoms with Gasteiger partial charge in [-0.2, -0.15) is 0 Å². The smallest absolute Gasteiger partial charge is 0.161 e. The summed E-state index contributed by atoms with van der Waals surface area (Å²) in [6.45, 7) is 5.22. The van der Waals surface area contributed by atoms with Crippen molar-refractivity contribution in [3.05, 3.63) is 23.8 Å². The minimum absolute atomic E-state index is 0.0571. The van der Waals surface area contributed by atoms with E-state index in [1.54, 1.807) is 0 Å². The average Bonchev–Trinajstić information content (AvgIpc) is 2.65. The van der Waals surface area contributed by atoms with Crippen molar-refractivity contribution in [1.82, 2.24) is 4.90 Å².